The summed E-state index contributed by atoms with van der Waals surface area (Å²) in [6.07, 6.45) is 3.56. The molecule has 0 unspecified atom stereocenters. The minimum Gasteiger partial charge on any atom is -0.489 e. The van der Waals surface area contributed by atoms with Crippen LogP contribution in [0, 0.1) is 20.8 Å². The quantitative estimate of drug-likeness (QED) is 0.230. The largest absolute Gasteiger partial charge is 0.489 e. The Morgan fingerprint density at radius 3 is 2.35 bits per heavy atom. The van der Waals surface area contributed by atoms with Crippen molar-refractivity contribution in [2.75, 3.05) is 0 Å². The third kappa shape index (κ3) is 5.37. The molecule has 3 aromatic carbocycles. The van der Waals surface area contributed by atoms with Crippen LogP contribution < -0.4 is 4.74 Å². The Hall–Kier alpha value is -4.39. The summed E-state index contributed by atoms with van der Waals surface area (Å²) in [6.45, 7) is 8.67. The van der Waals surface area contributed by atoms with E-state index in [1.807, 2.05) is 42.8 Å². The zero-order valence-corrected chi connectivity index (χ0v) is 23.3. The molecule has 7 nitrogen and oxygen atoms in total. The molecule has 5 rings (SSSR count). The summed E-state index contributed by atoms with van der Waals surface area (Å²) in [5.74, 6) is -1.02. The molecule has 206 valence electrons. The third-order valence-electron chi connectivity index (χ3n) is 7.86. The molecular weight excluding hydrogens is 504 g/mol. The van der Waals surface area contributed by atoms with E-state index >= 15 is 0 Å². The molecule has 1 fully saturated rings. The predicted octanol–water partition coefficient (Wildman–Crippen LogP) is 6.80. The van der Waals surface area contributed by atoms with Gasteiger partial charge < -0.3 is 14.9 Å². The van der Waals surface area contributed by atoms with Crippen LogP contribution in [0.2, 0.25) is 0 Å². The maximum atomic E-state index is 12.0. The molecule has 0 radical (unpaired) electrons. The molecule has 7 heteroatoms. The maximum absolute atomic E-state index is 12.0. The number of hydrogen-bond acceptors (Lipinski definition) is 4. The number of carboxylic acid groups (broad SMARTS) is 2. The molecule has 1 aromatic heterocycles. The first-order valence-electron chi connectivity index (χ1n) is 13.7. The predicted molar refractivity (Wildman–Crippen MR) is 153 cm³/mol. The van der Waals surface area contributed by atoms with Gasteiger partial charge in [0.2, 0.25) is 0 Å². The van der Waals surface area contributed by atoms with Gasteiger partial charge in [0.1, 0.15) is 12.4 Å². The van der Waals surface area contributed by atoms with Gasteiger partial charge in [-0.3, -0.25) is 0 Å². The van der Waals surface area contributed by atoms with E-state index in [-0.39, 0.29) is 11.1 Å². The highest BCUT2D eigenvalue weighted by atomic mass is 16.5. The average molecular weight is 539 g/mol. The van der Waals surface area contributed by atoms with Crippen molar-refractivity contribution in [1.29, 1.82) is 0 Å². The number of hydrogen-bond donors (Lipinski definition) is 2. The lowest BCUT2D eigenvalue weighted by Crippen LogP contribution is -2.10. The van der Waals surface area contributed by atoms with E-state index in [0.717, 1.165) is 58.8 Å². The van der Waals surface area contributed by atoms with Crippen molar-refractivity contribution in [1.82, 2.24) is 9.78 Å². The molecule has 0 bridgehead atoms. The fourth-order valence-corrected chi connectivity index (χ4v) is 5.56. The molecule has 0 atom stereocenters. The second-order valence-electron chi connectivity index (χ2n) is 10.6. The minimum atomic E-state index is -1.15. The maximum Gasteiger partial charge on any atom is 0.336 e. The monoisotopic (exact) mass is 538 g/mol. The summed E-state index contributed by atoms with van der Waals surface area (Å²) in [5.41, 5.74) is 9.29. The molecule has 0 amide bonds. The molecule has 1 aliphatic carbocycles. The van der Waals surface area contributed by atoms with E-state index < -0.39 is 11.9 Å². The zero-order valence-electron chi connectivity index (χ0n) is 23.3. The van der Waals surface area contributed by atoms with Gasteiger partial charge in [0.15, 0.2) is 0 Å². The summed E-state index contributed by atoms with van der Waals surface area (Å²) in [7, 11) is 0. The molecule has 0 spiro atoms. The number of aromatic carboxylic acids is 2. The standard InChI is InChI=1S/C33H34N2O5/c1-5-27-20(3)34-35(21(27)4)26-13-14-31(19(2)15-26)40-18-30-23(7-6-8-28(30)22-9-10-22)16-24-11-12-25(32(36)37)17-29(24)33(38)39/h6-8,11-15,17,22H,5,9-10,16,18H2,1-4H3,(H,36,37)(H,38,39). The van der Waals surface area contributed by atoms with Gasteiger partial charge >= 0.3 is 11.9 Å². The lowest BCUT2D eigenvalue weighted by atomic mass is 9.91. The van der Waals surface area contributed by atoms with E-state index in [1.54, 1.807) is 6.07 Å². The van der Waals surface area contributed by atoms with Crippen LogP contribution in [0.3, 0.4) is 0 Å². The van der Waals surface area contributed by atoms with Crippen LogP contribution in [0.25, 0.3) is 5.69 Å². The molecule has 1 aliphatic rings. The Bertz CT molecular complexity index is 1610. The first kappa shape index (κ1) is 27.2. The summed E-state index contributed by atoms with van der Waals surface area (Å²) in [6, 6.07) is 16.6. The van der Waals surface area contributed by atoms with Crippen molar-refractivity contribution in [2.45, 2.75) is 65.9 Å². The molecule has 2 N–H and O–H groups in total. The van der Waals surface area contributed by atoms with Crippen molar-refractivity contribution in [3.8, 4) is 11.4 Å². The van der Waals surface area contributed by atoms with Gasteiger partial charge in [-0.25, -0.2) is 14.3 Å². The van der Waals surface area contributed by atoms with Gasteiger partial charge in [-0.05, 0) is 116 Å². The number of aryl methyl sites for hydroxylation is 2. The SMILES string of the molecule is CCc1c(C)nn(-c2ccc(OCc3c(Cc4ccc(C(=O)O)cc4C(=O)O)cccc3C3CC3)c(C)c2)c1C. The van der Waals surface area contributed by atoms with Crippen molar-refractivity contribution >= 4 is 11.9 Å². The van der Waals surface area contributed by atoms with Gasteiger partial charge in [-0.2, -0.15) is 5.10 Å². The highest BCUT2D eigenvalue weighted by molar-refractivity contribution is 5.95. The van der Waals surface area contributed by atoms with Crippen LogP contribution in [0.5, 0.6) is 5.75 Å². The van der Waals surface area contributed by atoms with Crippen LogP contribution in [0.1, 0.15) is 91.2 Å². The number of carboxylic acids is 2. The first-order chi connectivity index (χ1) is 19.2. The first-order valence-corrected chi connectivity index (χ1v) is 13.7. The van der Waals surface area contributed by atoms with Crippen LogP contribution in [0.15, 0.2) is 54.6 Å². The summed E-state index contributed by atoms with van der Waals surface area (Å²) in [4.78, 5) is 23.4. The summed E-state index contributed by atoms with van der Waals surface area (Å²) in [5, 5.41) is 23.9. The Morgan fingerprint density at radius 1 is 0.950 bits per heavy atom. The second-order valence-corrected chi connectivity index (χ2v) is 10.6. The number of carbonyl (C=O) groups is 2. The molecule has 0 aliphatic heterocycles. The molecule has 40 heavy (non-hydrogen) atoms. The molecular formula is C33H34N2O5. The van der Waals surface area contributed by atoms with Crippen LogP contribution in [-0.4, -0.2) is 31.9 Å². The lowest BCUT2D eigenvalue weighted by Gasteiger charge is -2.18. The average Bonchev–Trinajstić information content (AvgIpc) is 3.73. The molecule has 0 saturated heterocycles. The fraction of sp³-hybridized carbons (Fsp3) is 0.303. The summed E-state index contributed by atoms with van der Waals surface area (Å²) < 4.78 is 8.38. The van der Waals surface area contributed by atoms with Gasteiger partial charge in [0, 0.05) is 5.69 Å². The lowest BCUT2D eigenvalue weighted by molar-refractivity contribution is 0.0695. The Labute approximate surface area is 234 Å². The number of nitrogens with zero attached hydrogens (tertiary/aromatic N) is 2. The van der Waals surface area contributed by atoms with Gasteiger partial charge in [0.25, 0.3) is 0 Å². The third-order valence-corrected chi connectivity index (χ3v) is 7.86. The highest BCUT2D eigenvalue weighted by Gasteiger charge is 2.28. The number of ether oxygens (including phenoxy) is 1. The fourth-order valence-electron chi connectivity index (χ4n) is 5.56. The number of benzene rings is 3. The smallest absolute Gasteiger partial charge is 0.336 e. The molecule has 1 heterocycles. The number of aromatic nitrogens is 2. The zero-order chi connectivity index (χ0) is 28.6. The van der Waals surface area contributed by atoms with E-state index in [9.17, 15) is 19.8 Å². The van der Waals surface area contributed by atoms with E-state index in [2.05, 4.69) is 26.0 Å². The Kier molecular flexibility index (Phi) is 7.48. The van der Waals surface area contributed by atoms with Crippen LogP contribution in [0.4, 0.5) is 0 Å². The molecule has 4 aromatic rings. The van der Waals surface area contributed by atoms with Crippen molar-refractivity contribution in [2.24, 2.45) is 0 Å². The van der Waals surface area contributed by atoms with Crippen LogP contribution in [-0.2, 0) is 19.4 Å². The highest BCUT2D eigenvalue weighted by Crippen LogP contribution is 2.43. The van der Waals surface area contributed by atoms with Crippen molar-refractivity contribution in [3.63, 3.8) is 0 Å². The van der Waals surface area contributed by atoms with E-state index in [1.165, 1.54) is 23.3 Å². The van der Waals surface area contributed by atoms with Gasteiger partial charge in [-0.15, -0.1) is 0 Å². The second kappa shape index (κ2) is 11.0. The Balaban J connectivity index is 1.43. The topological polar surface area (TPSA) is 102 Å². The normalized spacial score (nSPS) is 12.9. The van der Waals surface area contributed by atoms with Gasteiger partial charge in [0.05, 0.1) is 22.5 Å². The van der Waals surface area contributed by atoms with Gasteiger partial charge in [-0.1, -0.05) is 31.2 Å². The summed E-state index contributed by atoms with van der Waals surface area (Å²) >= 11 is 0. The minimum absolute atomic E-state index is 0.00501. The van der Waals surface area contributed by atoms with Crippen molar-refractivity contribution < 1.29 is 24.5 Å². The van der Waals surface area contributed by atoms with E-state index in [4.69, 9.17) is 9.84 Å². The number of rotatable bonds is 10. The Morgan fingerprint density at radius 2 is 1.73 bits per heavy atom. The van der Waals surface area contributed by atoms with Crippen molar-refractivity contribution in [3.05, 3.63) is 110 Å². The molecule has 1 saturated carbocycles. The van der Waals surface area contributed by atoms with Crippen LogP contribution >= 0.6 is 0 Å². The van der Waals surface area contributed by atoms with E-state index in [0.29, 0.717) is 24.5 Å².